The van der Waals surface area contributed by atoms with E-state index in [2.05, 4.69) is 16.7 Å². The second-order valence-corrected chi connectivity index (χ2v) is 4.94. The standard InChI is InChI=1S/C14H17N3O2/c1-14(6-7-16-9-14)13(18)17-12-10(8-15)4-3-5-11(12)19-2/h3-5,16H,6-7,9H2,1-2H3,(H,17,18). The molecule has 5 nitrogen and oxygen atoms in total. The molecule has 0 aliphatic carbocycles. The van der Waals surface area contributed by atoms with Crippen molar-refractivity contribution in [3.05, 3.63) is 23.8 Å². The van der Waals surface area contributed by atoms with Crippen LogP contribution in [0, 0.1) is 16.7 Å². The van der Waals surface area contributed by atoms with E-state index in [4.69, 9.17) is 10.00 Å². The molecule has 19 heavy (non-hydrogen) atoms. The van der Waals surface area contributed by atoms with Crippen molar-refractivity contribution in [2.45, 2.75) is 13.3 Å². The van der Waals surface area contributed by atoms with Gasteiger partial charge in [0.15, 0.2) is 0 Å². The third kappa shape index (κ3) is 2.54. The summed E-state index contributed by atoms with van der Waals surface area (Å²) in [4.78, 5) is 12.4. The van der Waals surface area contributed by atoms with E-state index in [1.165, 1.54) is 7.11 Å². The zero-order valence-electron chi connectivity index (χ0n) is 11.1. The van der Waals surface area contributed by atoms with Crippen molar-refractivity contribution >= 4 is 11.6 Å². The number of nitriles is 1. The van der Waals surface area contributed by atoms with E-state index in [1.807, 2.05) is 6.92 Å². The van der Waals surface area contributed by atoms with Crippen LogP contribution in [0.2, 0.25) is 0 Å². The number of nitrogens with one attached hydrogen (secondary N) is 2. The lowest BCUT2D eigenvalue weighted by molar-refractivity contribution is -0.123. The molecule has 1 amide bonds. The lowest BCUT2D eigenvalue weighted by Crippen LogP contribution is -2.35. The Morgan fingerprint density at radius 2 is 2.37 bits per heavy atom. The molecule has 1 atom stereocenters. The van der Waals surface area contributed by atoms with E-state index in [-0.39, 0.29) is 5.91 Å². The van der Waals surface area contributed by atoms with E-state index in [0.29, 0.717) is 23.5 Å². The molecule has 5 heteroatoms. The molecular formula is C14H17N3O2. The number of hydrogen-bond acceptors (Lipinski definition) is 4. The number of ether oxygens (including phenoxy) is 1. The molecule has 0 radical (unpaired) electrons. The second-order valence-electron chi connectivity index (χ2n) is 4.94. The van der Waals surface area contributed by atoms with Gasteiger partial charge in [0, 0.05) is 6.54 Å². The number of amides is 1. The predicted octanol–water partition coefficient (Wildman–Crippen LogP) is 1.50. The smallest absolute Gasteiger partial charge is 0.231 e. The van der Waals surface area contributed by atoms with Crippen molar-refractivity contribution < 1.29 is 9.53 Å². The molecular weight excluding hydrogens is 242 g/mol. The van der Waals surface area contributed by atoms with Crippen LogP contribution in [0.1, 0.15) is 18.9 Å². The fraction of sp³-hybridized carbons (Fsp3) is 0.429. The Kier molecular flexibility index (Phi) is 3.72. The van der Waals surface area contributed by atoms with Crippen molar-refractivity contribution in [3.8, 4) is 11.8 Å². The van der Waals surface area contributed by atoms with Gasteiger partial charge in [0.25, 0.3) is 0 Å². The first-order valence-electron chi connectivity index (χ1n) is 6.20. The molecule has 0 aromatic heterocycles. The van der Waals surface area contributed by atoms with Crippen molar-refractivity contribution in [2.75, 3.05) is 25.5 Å². The highest BCUT2D eigenvalue weighted by atomic mass is 16.5. The third-order valence-electron chi connectivity index (χ3n) is 3.52. The number of benzene rings is 1. The van der Waals surface area contributed by atoms with E-state index in [0.717, 1.165) is 13.0 Å². The molecule has 2 N–H and O–H groups in total. The first kappa shape index (κ1) is 13.4. The number of rotatable bonds is 3. The number of nitrogens with zero attached hydrogens (tertiary/aromatic N) is 1. The minimum atomic E-state index is -0.437. The summed E-state index contributed by atoms with van der Waals surface area (Å²) in [6.07, 6.45) is 0.788. The molecule has 1 aromatic carbocycles. The van der Waals surface area contributed by atoms with Gasteiger partial charge >= 0.3 is 0 Å². The fourth-order valence-electron chi connectivity index (χ4n) is 2.20. The normalized spacial score (nSPS) is 21.7. The Hall–Kier alpha value is -2.06. The fourth-order valence-corrected chi connectivity index (χ4v) is 2.20. The largest absolute Gasteiger partial charge is 0.495 e. The molecule has 1 aromatic rings. The molecule has 1 unspecified atom stereocenters. The Morgan fingerprint density at radius 3 is 2.95 bits per heavy atom. The van der Waals surface area contributed by atoms with Gasteiger partial charge in [-0.3, -0.25) is 4.79 Å². The summed E-state index contributed by atoms with van der Waals surface area (Å²) in [5, 5.41) is 15.1. The van der Waals surface area contributed by atoms with Gasteiger partial charge in [0.05, 0.1) is 18.1 Å². The Morgan fingerprint density at radius 1 is 1.58 bits per heavy atom. The van der Waals surface area contributed by atoms with E-state index < -0.39 is 5.41 Å². The van der Waals surface area contributed by atoms with Crippen LogP contribution in [0.25, 0.3) is 0 Å². The SMILES string of the molecule is COc1cccc(C#N)c1NC(=O)C1(C)CCNC1. The van der Waals surface area contributed by atoms with Crippen LogP contribution in [-0.2, 0) is 4.79 Å². The highest BCUT2D eigenvalue weighted by molar-refractivity contribution is 5.98. The van der Waals surface area contributed by atoms with Crippen LogP contribution < -0.4 is 15.4 Å². The van der Waals surface area contributed by atoms with E-state index in [9.17, 15) is 4.79 Å². The number of para-hydroxylation sites is 1. The highest BCUT2D eigenvalue weighted by Crippen LogP contribution is 2.32. The van der Waals surface area contributed by atoms with Crippen LogP contribution in [0.3, 0.4) is 0 Å². The topological polar surface area (TPSA) is 74.1 Å². The van der Waals surface area contributed by atoms with Gasteiger partial charge in [0.1, 0.15) is 17.5 Å². The summed E-state index contributed by atoms with van der Waals surface area (Å²) in [5.74, 6) is 0.417. The maximum atomic E-state index is 12.4. The monoisotopic (exact) mass is 259 g/mol. The maximum absolute atomic E-state index is 12.4. The molecule has 0 saturated carbocycles. The number of anilines is 1. The Balaban J connectivity index is 2.28. The lowest BCUT2D eigenvalue weighted by atomic mass is 9.88. The summed E-state index contributed by atoms with van der Waals surface area (Å²) < 4.78 is 5.20. The lowest BCUT2D eigenvalue weighted by Gasteiger charge is -2.22. The van der Waals surface area contributed by atoms with Crippen LogP contribution in [0.5, 0.6) is 5.75 Å². The van der Waals surface area contributed by atoms with E-state index in [1.54, 1.807) is 18.2 Å². The molecule has 0 bridgehead atoms. The van der Waals surface area contributed by atoms with Crippen LogP contribution >= 0.6 is 0 Å². The number of carbonyl (C=O) groups excluding carboxylic acids is 1. The first-order chi connectivity index (χ1) is 9.10. The van der Waals surface area contributed by atoms with Gasteiger partial charge in [-0.2, -0.15) is 5.26 Å². The average molecular weight is 259 g/mol. The van der Waals surface area contributed by atoms with Crippen molar-refractivity contribution in [3.63, 3.8) is 0 Å². The van der Waals surface area contributed by atoms with Crippen molar-refractivity contribution in [1.82, 2.24) is 5.32 Å². The zero-order valence-corrected chi connectivity index (χ0v) is 11.1. The van der Waals surface area contributed by atoms with Gasteiger partial charge < -0.3 is 15.4 Å². The third-order valence-corrected chi connectivity index (χ3v) is 3.52. The summed E-state index contributed by atoms with van der Waals surface area (Å²) in [7, 11) is 1.52. The Labute approximate surface area is 112 Å². The first-order valence-corrected chi connectivity index (χ1v) is 6.20. The molecule has 1 aliphatic rings. The summed E-state index contributed by atoms with van der Waals surface area (Å²) >= 11 is 0. The molecule has 1 heterocycles. The summed E-state index contributed by atoms with van der Waals surface area (Å²) in [6.45, 7) is 3.40. The molecule has 1 fully saturated rings. The minimum absolute atomic E-state index is 0.0847. The predicted molar refractivity (Wildman–Crippen MR) is 71.9 cm³/mol. The Bertz CT molecular complexity index is 528. The molecule has 100 valence electrons. The number of methoxy groups -OCH3 is 1. The molecule has 0 spiro atoms. The van der Waals surface area contributed by atoms with Crippen LogP contribution in [0.4, 0.5) is 5.69 Å². The molecule has 1 saturated heterocycles. The maximum Gasteiger partial charge on any atom is 0.231 e. The van der Waals surface area contributed by atoms with Crippen molar-refractivity contribution in [1.29, 1.82) is 5.26 Å². The highest BCUT2D eigenvalue weighted by Gasteiger charge is 2.36. The van der Waals surface area contributed by atoms with Gasteiger partial charge in [-0.25, -0.2) is 0 Å². The number of carbonyl (C=O) groups is 1. The van der Waals surface area contributed by atoms with Crippen molar-refractivity contribution in [2.24, 2.45) is 5.41 Å². The van der Waals surface area contributed by atoms with Crippen LogP contribution in [-0.4, -0.2) is 26.1 Å². The quantitative estimate of drug-likeness (QED) is 0.862. The zero-order chi connectivity index (χ0) is 13.9. The van der Waals surface area contributed by atoms with Gasteiger partial charge in [-0.05, 0) is 32.0 Å². The number of hydrogen-bond donors (Lipinski definition) is 2. The van der Waals surface area contributed by atoms with Gasteiger partial charge in [-0.15, -0.1) is 0 Å². The molecule has 1 aliphatic heterocycles. The summed E-state index contributed by atoms with van der Waals surface area (Å²) in [5.41, 5.74) is 0.418. The minimum Gasteiger partial charge on any atom is -0.495 e. The van der Waals surface area contributed by atoms with Gasteiger partial charge in [-0.1, -0.05) is 6.07 Å². The average Bonchev–Trinajstić information content (AvgIpc) is 2.87. The van der Waals surface area contributed by atoms with Gasteiger partial charge in [0.2, 0.25) is 5.91 Å². The van der Waals surface area contributed by atoms with Crippen LogP contribution in [0.15, 0.2) is 18.2 Å². The second kappa shape index (κ2) is 5.29. The summed E-state index contributed by atoms with van der Waals surface area (Å²) in [6, 6.07) is 7.18. The molecule has 2 rings (SSSR count). The van der Waals surface area contributed by atoms with E-state index >= 15 is 0 Å².